The molecule has 1 aromatic carbocycles. The number of para-hydroxylation sites is 1. The molecule has 0 saturated heterocycles. The first-order chi connectivity index (χ1) is 9.31. The van der Waals surface area contributed by atoms with Gasteiger partial charge < -0.3 is 9.47 Å². The second kappa shape index (κ2) is 6.89. The lowest BCUT2D eigenvalue weighted by Gasteiger charge is -2.27. The first-order valence-corrected chi connectivity index (χ1v) is 7.02. The largest absolute Gasteiger partial charge is 0.493 e. The molecule has 4 nitrogen and oxygen atoms in total. The van der Waals surface area contributed by atoms with Crippen LogP contribution >= 0.6 is 0 Å². The van der Waals surface area contributed by atoms with Crippen molar-refractivity contribution >= 4 is 0 Å². The number of hydrogen-bond acceptors (Lipinski definition) is 4. The fourth-order valence-corrected chi connectivity index (χ4v) is 2.47. The van der Waals surface area contributed by atoms with Gasteiger partial charge in [-0.2, -0.15) is 0 Å². The van der Waals surface area contributed by atoms with Crippen LogP contribution in [0.15, 0.2) is 24.3 Å². The molecule has 1 saturated carbocycles. The lowest BCUT2D eigenvalue weighted by Crippen LogP contribution is -2.39. The van der Waals surface area contributed by atoms with Crippen molar-refractivity contribution in [3.8, 4) is 5.75 Å². The summed E-state index contributed by atoms with van der Waals surface area (Å²) in [5, 5.41) is 0. The minimum Gasteiger partial charge on any atom is -0.493 e. The van der Waals surface area contributed by atoms with E-state index in [1.165, 1.54) is 12.8 Å². The van der Waals surface area contributed by atoms with E-state index in [0.29, 0.717) is 5.92 Å². The van der Waals surface area contributed by atoms with Crippen molar-refractivity contribution in [1.82, 2.24) is 5.43 Å². The van der Waals surface area contributed by atoms with Gasteiger partial charge in [0.15, 0.2) is 0 Å². The van der Waals surface area contributed by atoms with Crippen molar-refractivity contribution in [3.05, 3.63) is 29.8 Å². The molecule has 4 heteroatoms. The molecule has 0 radical (unpaired) electrons. The van der Waals surface area contributed by atoms with Crippen LogP contribution in [0.3, 0.4) is 0 Å². The molecule has 2 unspecified atom stereocenters. The number of nitrogens with one attached hydrogen (secondary N) is 1. The van der Waals surface area contributed by atoms with Crippen molar-refractivity contribution < 1.29 is 9.47 Å². The maximum Gasteiger partial charge on any atom is 0.124 e. The van der Waals surface area contributed by atoms with Crippen LogP contribution in [0.25, 0.3) is 0 Å². The van der Waals surface area contributed by atoms with Crippen molar-refractivity contribution in [1.29, 1.82) is 0 Å². The Morgan fingerprint density at radius 2 is 2.11 bits per heavy atom. The van der Waals surface area contributed by atoms with E-state index < -0.39 is 0 Å². The van der Waals surface area contributed by atoms with Gasteiger partial charge in [-0.05, 0) is 31.2 Å². The molecule has 106 valence electrons. The first-order valence-electron chi connectivity index (χ1n) is 7.02. The maximum absolute atomic E-state index is 5.81. The van der Waals surface area contributed by atoms with Gasteiger partial charge in [0.05, 0.1) is 18.8 Å². The van der Waals surface area contributed by atoms with Gasteiger partial charge in [0, 0.05) is 12.7 Å². The van der Waals surface area contributed by atoms with Crippen LogP contribution in [0.2, 0.25) is 0 Å². The summed E-state index contributed by atoms with van der Waals surface area (Å²) >= 11 is 0. The van der Waals surface area contributed by atoms with Gasteiger partial charge in [0.1, 0.15) is 5.75 Å². The highest BCUT2D eigenvalue weighted by atomic mass is 16.5. The highest BCUT2D eigenvalue weighted by molar-refractivity contribution is 5.37. The molecule has 1 fully saturated rings. The summed E-state index contributed by atoms with van der Waals surface area (Å²) in [7, 11) is 1.75. The molecule has 0 aliphatic heterocycles. The molecule has 19 heavy (non-hydrogen) atoms. The molecule has 3 N–H and O–H groups in total. The molecule has 0 amide bonds. The molecule has 1 aliphatic rings. The SMILES string of the molecule is CCCOc1ccccc1C(NN)C(OC)C1CC1. The van der Waals surface area contributed by atoms with Gasteiger partial charge in [0.2, 0.25) is 0 Å². The summed E-state index contributed by atoms with van der Waals surface area (Å²) in [6.45, 7) is 2.82. The predicted octanol–water partition coefficient (Wildman–Crippen LogP) is 2.40. The van der Waals surface area contributed by atoms with Gasteiger partial charge >= 0.3 is 0 Å². The number of benzene rings is 1. The lowest BCUT2D eigenvalue weighted by atomic mass is 9.97. The minimum absolute atomic E-state index is 0.0226. The van der Waals surface area contributed by atoms with Crippen LogP contribution in [0.4, 0.5) is 0 Å². The van der Waals surface area contributed by atoms with E-state index in [2.05, 4.69) is 18.4 Å². The van der Waals surface area contributed by atoms with Crippen LogP contribution in [0, 0.1) is 5.92 Å². The van der Waals surface area contributed by atoms with Gasteiger partial charge in [-0.15, -0.1) is 0 Å². The number of rotatable bonds is 8. The van der Waals surface area contributed by atoms with Gasteiger partial charge in [-0.3, -0.25) is 11.3 Å². The summed E-state index contributed by atoms with van der Waals surface area (Å²) in [6, 6.07) is 8.03. The molecule has 0 heterocycles. The lowest BCUT2D eigenvalue weighted by molar-refractivity contribution is 0.0497. The smallest absolute Gasteiger partial charge is 0.124 e. The van der Waals surface area contributed by atoms with Gasteiger partial charge in [-0.1, -0.05) is 25.1 Å². The van der Waals surface area contributed by atoms with Crippen molar-refractivity contribution in [2.45, 2.75) is 38.3 Å². The quantitative estimate of drug-likeness (QED) is 0.559. The van der Waals surface area contributed by atoms with Crippen molar-refractivity contribution in [2.75, 3.05) is 13.7 Å². The molecule has 1 aliphatic carbocycles. The Kier molecular flexibility index (Phi) is 5.19. The average Bonchev–Trinajstić information content (AvgIpc) is 3.27. The molecule has 2 atom stereocenters. The van der Waals surface area contributed by atoms with E-state index in [-0.39, 0.29) is 12.1 Å². The predicted molar refractivity (Wildman–Crippen MR) is 75.8 cm³/mol. The summed E-state index contributed by atoms with van der Waals surface area (Å²) < 4.78 is 11.5. The fourth-order valence-electron chi connectivity index (χ4n) is 2.47. The van der Waals surface area contributed by atoms with E-state index in [0.717, 1.165) is 24.3 Å². The molecule has 0 aromatic heterocycles. The molecular weight excluding hydrogens is 240 g/mol. The third-order valence-electron chi connectivity index (χ3n) is 3.58. The van der Waals surface area contributed by atoms with Gasteiger partial charge in [0.25, 0.3) is 0 Å². The molecular formula is C15H24N2O2. The van der Waals surface area contributed by atoms with Crippen LogP contribution in [0.1, 0.15) is 37.8 Å². The Bertz CT molecular complexity index is 393. The number of methoxy groups -OCH3 is 1. The van der Waals surface area contributed by atoms with Crippen molar-refractivity contribution in [3.63, 3.8) is 0 Å². The second-order valence-corrected chi connectivity index (χ2v) is 5.07. The van der Waals surface area contributed by atoms with E-state index >= 15 is 0 Å². The van der Waals surface area contributed by atoms with Crippen LogP contribution in [-0.4, -0.2) is 19.8 Å². The number of hydrazine groups is 1. The Morgan fingerprint density at radius 1 is 1.37 bits per heavy atom. The number of ether oxygens (including phenoxy) is 2. The average molecular weight is 264 g/mol. The highest BCUT2D eigenvalue weighted by Crippen LogP contribution is 2.41. The van der Waals surface area contributed by atoms with E-state index in [1.54, 1.807) is 7.11 Å². The highest BCUT2D eigenvalue weighted by Gasteiger charge is 2.38. The van der Waals surface area contributed by atoms with Crippen LogP contribution in [-0.2, 0) is 4.74 Å². The summed E-state index contributed by atoms with van der Waals surface area (Å²) in [5.74, 6) is 7.26. The summed E-state index contributed by atoms with van der Waals surface area (Å²) in [4.78, 5) is 0. The summed E-state index contributed by atoms with van der Waals surface area (Å²) in [5.41, 5.74) is 3.98. The molecule has 1 aromatic rings. The van der Waals surface area contributed by atoms with Crippen molar-refractivity contribution in [2.24, 2.45) is 11.8 Å². The normalized spacial score (nSPS) is 18.1. The Balaban J connectivity index is 2.20. The number of hydrogen-bond donors (Lipinski definition) is 2. The zero-order chi connectivity index (χ0) is 13.7. The third-order valence-corrected chi connectivity index (χ3v) is 3.58. The number of nitrogens with two attached hydrogens (primary N) is 1. The second-order valence-electron chi connectivity index (χ2n) is 5.07. The van der Waals surface area contributed by atoms with E-state index in [9.17, 15) is 0 Å². The zero-order valence-corrected chi connectivity index (χ0v) is 11.8. The fraction of sp³-hybridized carbons (Fsp3) is 0.600. The van der Waals surface area contributed by atoms with E-state index in [1.807, 2.05) is 18.2 Å². The topological polar surface area (TPSA) is 56.5 Å². The van der Waals surface area contributed by atoms with E-state index in [4.69, 9.17) is 15.3 Å². The Labute approximate surface area is 115 Å². The molecule has 2 rings (SSSR count). The monoisotopic (exact) mass is 264 g/mol. The first kappa shape index (κ1) is 14.3. The molecule has 0 spiro atoms. The standard InChI is InChI=1S/C15H24N2O2/c1-3-10-19-13-7-5-4-6-12(13)14(17-16)15(18-2)11-8-9-11/h4-7,11,14-15,17H,3,8-10,16H2,1-2H3. The Morgan fingerprint density at radius 3 is 2.68 bits per heavy atom. The maximum atomic E-state index is 5.81. The zero-order valence-electron chi connectivity index (χ0n) is 11.8. The van der Waals surface area contributed by atoms with Crippen LogP contribution in [0.5, 0.6) is 5.75 Å². The summed E-state index contributed by atoms with van der Waals surface area (Å²) in [6.07, 6.45) is 3.53. The Hall–Kier alpha value is -1.10. The van der Waals surface area contributed by atoms with Crippen LogP contribution < -0.4 is 16.0 Å². The molecule has 0 bridgehead atoms. The van der Waals surface area contributed by atoms with Gasteiger partial charge in [-0.25, -0.2) is 0 Å². The minimum atomic E-state index is -0.0226. The third kappa shape index (κ3) is 3.47.